The van der Waals surface area contributed by atoms with Gasteiger partial charge in [-0.3, -0.25) is 14.4 Å². The summed E-state index contributed by atoms with van der Waals surface area (Å²) >= 11 is 0. The minimum atomic E-state index is -0.736. The quantitative estimate of drug-likeness (QED) is 0.471. The third kappa shape index (κ3) is 7.82. The molecule has 1 unspecified atom stereocenters. The molecule has 0 spiro atoms. The molecule has 2 N–H and O–H groups in total. The largest absolute Gasteiger partial charge is 0.497 e. The first-order chi connectivity index (χ1) is 13.3. The number of methoxy groups -OCH3 is 2. The van der Waals surface area contributed by atoms with Gasteiger partial charge in [0.1, 0.15) is 11.8 Å². The molecular formula is C21H30N2O5. The molecule has 1 aromatic rings. The Morgan fingerprint density at radius 2 is 1.75 bits per heavy atom. The summed E-state index contributed by atoms with van der Waals surface area (Å²) in [6.45, 7) is 3.96. The number of benzene rings is 1. The standard InChI is InChI=1S/C21H30N2O5/c1-14(2)12-16(8-11-19(24)28-5)20(25)23-18(21(26)22-3)13-15-6-9-17(27-4)10-7-15/h6-10,14,18H,11-13H2,1-5H3,(H,22,26)(H,23,25). The first-order valence-electron chi connectivity index (χ1n) is 9.21. The van der Waals surface area contributed by atoms with Crippen molar-refractivity contribution >= 4 is 17.8 Å². The molecule has 1 aromatic carbocycles. The van der Waals surface area contributed by atoms with Crippen molar-refractivity contribution in [1.82, 2.24) is 10.6 Å². The fourth-order valence-electron chi connectivity index (χ4n) is 2.63. The molecule has 0 saturated heterocycles. The number of hydrogen-bond donors (Lipinski definition) is 2. The Hall–Kier alpha value is -2.83. The molecule has 0 aliphatic rings. The van der Waals surface area contributed by atoms with Crippen LogP contribution in [-0.2, 0) is 25.5 Å². The summed E-state index contributed by atoms with van der Waals surface area (Å²) in [6, 6.07) is 6.57. The molecule has 0 bridgehead atoms. The number of esters is 1. The molecule has 0 fully saturated rings. The molecule has 0 aliphatic heterocycles. The monoisotopic (exact) mass is 390 g/mol. The van der Waals surface area contributed by atoms with Crippen molar-refractivity contribution in [3.8, 4) is 5.75 Å². The molecule has 1 rings (SSSR count). The van der Waals surface area contributed by atoms with E-state index < -0.39 is 12.0 Å². The SMILES string of the molecule is CNC(=O)C(Cc1ccc(OC)cc1)NC(=O)C(=CCC(=O)OC)CC(C)C. The number of carbonyl (C=O) groups excluding carboxylic acids is 3. The van der Waals surface area contributed by atoms with Crippen LogP contribution in [0.1, 0.15) is 32.3 Å². The molecule has 2 amide bonds. The van der Waals surface area contributed by atoms with Crippen LogP contribution in [0.5, 0.6) is 5.75 Å². The molecule has 7 nitrogen and oxygen atoms in total. The summed E-state index contributed by atoms with van der Waals surface area (Å²) in [7, 11) is 4.41. The lowest BCUT2D eigenvalue weighted by molar-refractivity contribution is -0.139. The molecule has 0 aromatic heterocycles. The molecular weight excluding hydrogens is 360 g/mol. The number of amides is 2. The lowest BCUT2D eigenvalue weighted by atomic mass is 9.99. The number of ether oxygens (including phenoxy) is 2. The van der Waals surface area contributed by atoms with Crippen molar-refractivity contribution in [3.05, 3.63) is 41.5 Å². The van der Waals surface area contributed by atoms with Crippen LogP contribution in [0.2, 0.25) is 0 Å². The smallest absolute Gasteiger partial charge is 0.309 e. The predicted octanol–water partition coefficient (Wildman–Crippen LogP) is 2.00. The van der Waals surface area contributed by atoms with Gasteiger partial charge in [0.05, 0.1) is 20.6 Å². The lowest BCUT2D eigenvalue weighted by Crippen LogP contribution is -2.47. The number of rotatable bonds is 10. The second kappa shape index (κ2) is 11.8. The summed E-state index contributed by atoms with van der Waals surface area (Å²) in [5.41, 5.74) is 1.35. The number of likely N-dealkylation sites (N-methyl/N-ethyl adjacent to an activating group) is 1. The van der Waals surface area contributed by atoms with Crippen LogP contribution in [0.4, 0.5) is 0 Å². The summed E-state index contributed by atoms with van der Waals surface area (Å²) in [4.78, 5) is 36.5. The Labute approximate surface area is 166 Å². The average molecular weight is 390 g/mol. The maximum Gasteiger partial charge on any atom is 0.309 e. The van der Waals surface area contributed by atoms with E-state index >= 15 is 0 Å². The summed E-state index contributed by atoms with van der Waals surface area (Å²) in [6.07, 6.45) is 2.40. The topological polar surface area (TPSA) is 93.7 Å². The second-order valence-corrected chi connectivity index (χ2v) is 6.80. The van der Waals surface area contributed by atoms with Gasteiger partial charge in [-0.1, -0.05) is 32.1 Å². The van der Waals surface area contributed by atoms with Crippen LogP contribution >= 0.6 is 0 Å². The molecule has 154 valence electrons. The third-order valence-corrected chi connectivity index (χ3v) is 4.13. The Morgan fingerprint density at radius 3 is 2.25 bits per heavy atom. The van der Waals surface area contributed by atoms with E-state index in [1.807, 2.05) is 26.0 Å². The van der Waals surface area contributed by atoms with Gasteiger partial charge in [0.2, 0.25) is 11.8 Å². The van der Waals surface area contributed by atoms with Crippen molar-refractivity contribution in [3.63, 3.8) is 0 Å². The van der Waals surface area contributed by atoms with Crippen LogP contribution in [0, 0.1) is 5.92 Å². The van der Waals surface area contributed by atoms with Gasteiger partial charge in [0, 0.05) is 19.0 Å². The van der Waals surface area contributed by atoms with Gasteiger partial charge in [0.25, 0.3) is 0 Å². The van der Waals surface area contributed by atoms with Crippen LogP contribution < -0.4 is 15.4 Å². The van der Waals surface area contributed by atoms with E-state index in [9.17, 15) is 14.4 Å². The van der Waals surface area contributed by atoms with Gasteiger partial charge in [-0.25, -0.2) is 0 Å². The highest BCUT2D eigenvalue weighted by Gasteiger charge is 2.22. The Morgan fingerprint density at radius 1 is 1.11 bits per heavy atom. The highest BCUT2D eigenvalue weighted by atomic mass is 16.5. The van der Waals surface area contributed by atoms with Crippen molar-refractivity contribution in [1.29, 1.82) is 0 Å². The Balaban J connectivity index is 2.95. The molecule has 0 aliphatic carbocycles. The van der Waals surface area contributed by atoms with E-state index in [4.69, 9.17) is 4.74 Å². The highest BCUT2D eigenvalue weighted by Crippen LogP contribution is 2.15. The summed E-state index contributed by atoms with van der Waals surface area (Å²) < 4.78 is 9.77. The number of nitrogens with one attached hydrogen (secondary N) is 2. The minimum Gasteiger partial charge on any atom is -0.497 e. The third-order valence-electron chi connectivity index (χ3n) is 4.13. The first kappa shape index (κ1) is 23.2. The van der Waals surface area contributed by atoms with E-state index in [0.29, 0.717) is 24.2 Å². The van der Waals surface area contributed by atoms with Crippen LogP contribution in [0.15, 0.2) is 35.9 Å². The van der Waals surface area contributed by atoms with Gasteiger partial charge < -0.3 is 20.1 Å². The van der Waals surface area contributed by atoms with Crippen molar-refractivity contribution in [2.45, 2.75) is 39.2 Å². The molecule has 0 heterocycles. The summed E-state index contributed by atoms with van der Waals surface area (Å²) in [5.74, 6) is -0.139. The van der Waals surface area contributed by atoms with E-state index in [2.05, 4.69) is 15.4 Å². The van der Waals surface area contributed by atoms with Crippen molar-refractivity contribution in [2.75, 3.05) is 21.3 Å². The van der Waals surface area contributed by atoms with Gasteiger partial charge in [-0.2, -0.15) is 0 Å². The molecule has 7 heteroatoms. The van der Waals surface area contributed by atoms with E-state index in [1.54, 1.807) is 25.3 Å². The minimum absolute atomic E-state index is 0.00902. The van der Waals surface area contributed by atoms with Gasteiger partial charge in [-0.05, 0) is 30.0 Å². The fourth-order valence-corrected chi connectivity index (χ4v) is 2.63. The molecule has 0 saturated carbocycles. The van der Waals surface area contributed by atoms with Gasteiger partial charge >= 0.3 is 5.97 Å². The molecule has 28 heavy (non-hydrogen) atoms. The molecule has 0 radical (unpaired) electrons. The van der Waals surface area contributed by atoms with Crippen LogP contribution in [0.3, 0.4) is 0 Å². The zero-order chi connectivity index (χ0) is 21.1. The van der Waals surface area contributed by atoms with E-state index in [1.165, 1.54) is 14.2 Å². The van der Waals surface area contributed by atoms with E-state index in [-0.39, 0.29) is 24.2 Å². The Kier molecular flexibility index (Phi) is 9.78. The summed E-state index contributed by atoms with van der Waals surface area (Å²) in [5, 5.41) is 5.37. The zero-order valence-corrected chi connectivity index (χ0v) is 17.2. The average Bonchev–Trinajstić information content (AvgIpc) is 2.69. The van der Waals surface area contributed by atoms with Gasteiger partial charge in [-0.15, -0.1) is 0 Å². The van der Waals surface area contributed by atoms with Crippen LogP contribution in [0.25, 0.3) is 0 Å². The van der Waals surface area contributed by atoms with Crippen molar-refractivity contribution < 1.29 is 23.9 Å². The number of hydrogen-bond acceptors (Lipinski definition) is 5. The normalized spacial score (nSPS) is 12.3. The van der Waals surface area contributed by atoms with Gasteiger partial charge in [0.15, 0.2) is 0 Å². The number of carbonyl (C=O) groups is 3. The maximum absolute atomic E-state index is 12.8. The maximum atomic E-state index is 12.8. The first-order valence-corrected chi connectivity index (χ1v) is 9.21. The lowest BCUT2D eigenvalue weighted by Gasteiger charge is -2.19. The Bertz CT molecular complexity index is 695. The highest BCUT2D eigenvalue weighted by molar-refractivity contribution is 5.97. The van der Waals surface area contributed by atoms with Crippen LogP contribution in [-0.4, -0.2) is 45.1 Å². The second-order valence-electron chi connectivity index (χ2n) is 6.80. The molecule has 1 atom stereocenters. The predicted molar refractivity (Wildman–Crippen MR) is 107 cm³/mol. The zero-order valence-electron chi connectivity index (χ0n) is 17.2. The fraction of sp³-hybridized carbons (Fsp3) is 0.476. The van der Waals surface area contributed by atoms with E-state index in [0.717, 1.165) is 5.56 Å². The van der Waals surface area contributed by atoms with Crippen molar-refractivity contribution in [2.24, 2.45) is 5.92 Å².